The monoisotopic (exact) mass is 344 g/mol. The molecule has 0 unspecified atom stereocenters. The first kappa shape index (κ1) is 17.7. The van der Waals surface area contributed by atoms with Crippen molar-refractivity contribution in [1.29, 1.82) is 0 Å². The molecule has 0 saturated heterocycles. The number of carbonyl (C=O) groups is 1. The van der Waals surface area contributed by atoms with Gasteiger partial charge in [0.25, 0.3) is 0 Å². The van der Waals surface area contributed by atoms with Crippen molar-refractivity contribution in [1.82, 2.24) is 0 Å². The minimum absolute atomic E-state index is 0.341. The zero-order valence-corrected chi connectivity index (χ0v) is 14.5. The van der Waals surface area contributed by atoms with Gasteiger partial charge in [-0.05, 0) is 68.5 Å². The van der Waals surface area contributed by atoms with Gasteiger partial charge in [-0.25, -0.2) is 4.79 Å². The van der Waals surface area contributed by atoms with Crippen molar-refractivity contribution >= 4 is 34.7 Å². The zero-order valence-electron chi connectivity index (χ0n) is 13.7. The van der Waals surface area contributed by atoms with Gasteiger partial charge < -0.3 is 20.1 Å². The van der Waals surface area contributed by atoms with Crippen LogP contribution in [0.15, 0.2) is 48.5 Å². The molecule has 24 heavy (non-hydrogen) atoms. The summed E-state index contributed by atoms with van der Waals surface area (Å²) in [6, 6.07) is 14.5. The molecule has 0 heterocycles. The summed E-state index contributed by atoms with van der Waals surface area (Å²) < 4.78 is 10.4. The highest BCUT2D eigenvalue weighted by Gasteiger charge is 2.07. The summed E-state index contributed by atoms with van der Waals surface area (Å²) >= 11 is 5.29. The maximum atomic E-state index is 11.7. The third kappa shape index (κ3) is 5.24. The number of hydrogen-bond donors (Lipinski definition) is 2. The Bertz CT molecular complexity index is 702. The lowest BCUT2D eigenvalue weighted by Gasteiger charge is -2.12. The van der Waals surface area contributed by atoms with E-state index in [1.807, 2.05) is 37.3 Å². The highest BCUT2D eigenvalue weighted by Crippen LogP contribution is 2.17. The van der Waals surface area contributed by atoms with Crippen LogP contribution in [0.2, 0.25) is 0 Å². The number of anilines is 2. The van der Waals surface area contributed by atoms with Crippen molar-refractivity contribution in [2.45, 2.75) is 13.8 Å². The molecule has 0 spiro atoms. The zero-order chi connectivity index (χ0) is 17.4. The fraction of sp³-hybridized carbons (Fsp3) is 0.222. The third-order valence-electron chi connectivity index (χ3n) is 3.05. The Morgan fingerprint density at radius 1 is 1.00 bits per heavy atom. The summed E-state index contributed by atoms with van der Waals surface area (Å²) in [5.74, 6) is 0.454. The van der Waals surface area contributed by atoms with E-state index in [2.05, 4.69) is 10.6 Å². The first-order chi connectivity index (χ1) is 11.6. The van der Waals surface area contributed by atoms with E-state index in [0.717, 1.165) is 11.4 Å². The molecule has 0 atom stereocenters. The molecule has 2 aromatic carbocycles. The van der Waals surface area contributed by atoms with Crippen molar-refractivity contribution in [2.75, 3.05) is 23.8 Å². The number of nitrogens with one attached hydrogen (secondary N) is 2. The second-order valence-corrected chi connectivity index (χ2v) is 5.25. The van der Waals surface area contributed by atoms with E-state index >= 15 is 0 Å². The van der Waals surface area contributed by atoms with Gasteiger partial charge in [0.2, 0.25) is 0 Å². The van der Waals surface area contributed by atoms with Gasteiger partial charge in [0.05, 0.1) is 18.8 Å². The Kier molecular flexibility index (Phi) is 6.57. The van der Waals surface area contributed by atoms with Gasteiger partial charge in [0.15, 0.2) is 5.11 Å². The third-order valence-corrected chi connectivity index (χ3v) is 3.26. The van der Waals surface area contributed by atoms with Crippen LogP contribution < -0.4 is 15.4 Å². The Labute approximate surface area is 147 Å². The molecule has 0 aliphatic carbocycles. The van der Waals surface area contributed by atoms with E-state index in [1.165, 1.54) is 0 Å². The van der Waals surface area contributed by atoms with Crippen molar-refractivity contribution in [3.8, 4) is 5.75 Å². The van der Waals surface area contributed by atoms with Crippen LogP contribution in [0.3, 0.4) is 0 Å². The molecule has 2 N–H and O–H groups in total. The second-order valence-electron chi connectivity index (χ2n) is 4.84. The number of carbonyl (C=O) groups excluding carboxylic acids is 1. The SMILES string of the molecule is CCOC(=O)c1cccc(NC(=S)Nc2ccc(OCC)cc2)c1. The minimum atomic E-state index is -0.355. The van der Waals surface area contributed by atoms with Crippen LogP contribution >= 0.6 is 12.2 Å². The van der Waals surface area contributed by atoms with Crippen molar-refractivity contribution in [3.63, 3.8) is 0 Å². The molecule has 6 heteroatoms. The summed E-state index contributed by atoms with van der Waals surface area (Å²) in [5, 5.41) is 6.56. The van der Waals surface area contributed by atoms with E-state index in [-0.39, 0.29) is 5.97 Å². The number of rotatable bonds is 6. The molecule has 2 aromatic rings. The molecule has 0 saturated carbocycles. The highest BCUT2D eigenvalue weighted by molar-refractivity contribution is 7.80. The van der Waals surface area contributed by atoms with Gasteiger partial charge in [-0.15, -0.1) is 0 Å². The van der Waals surface area contributed by atoms with Crippen LogP contribution in [-0.2, 0) is 4.74 Å². The molecule has 0 amide bonds. The molecule has 126 valence electrons. The molecule has 2 rings (SSSR count). The average Bonchev–Trinajstić information content (AvgIpc) is 2.57. The number of ether oxygens (including phenoxy) is 2. The van der Waals surface area contributed by atoms with E-state index < -0.39 is 0 Å². The van der Waals surface area contributed by atoms with E-state index in [1.54, 1.807) is 25.1 Å². The van der Waals surface area contributed by atoms with Gasteiger partial charge in [-0.1, -0.05) is 6.07 Å². The van der Waals surface area contributed by atoms with Gasteiger partial charge in [0.1, 0.15) is 5.75 Å². The molecular formula is C18H20N2O3S. The maximum absolute atomic E-state index is 11.7. The Balaban J connectivity index is 1.96. The van der Waals surface area contributed by atoms with Crippen LogP contribution in [0, 0.1) is 0 Å². The number of thiocarbonyl (C=S) groups is 1. The topological polar surface area (TPSA) is 59.6 Å². The second kappa shape index (κ2) is 8.88. The Morgan fingerprint density at radius 3 is 2.38 bits per heavy atom. The first-order valence-corrected chi connectivity index (χ1v) is 8.11. The predicted octanol–water partition coefficient (Wildman–Crippen LogP) is 4.07. The van der Waals surface area contributed by atoms with Crippen LogP contribution in [0.4, 0.5) is 11.4 Å². The first-order valence-electron chi connectivity index (χ1n) is 7.70. The molecule has 0 aliphatic rings. The van der Waals surface area contributed by atoms with Crippen LogP contribution in [0.25, 0.3) is 0 Å². The average molecular weight is 344 g/mol. The molecule has 0 aromatic heterocycles. The Hall–Kier alpha value is -2.60. The largest absolute Gasteiger partial charge is 0.494 e. The van der Waals surface area contributed by atoms with Crippen LogP contribution in [-0.4, -0.2) is 24.3 Å². The minimum Gasteiger partial charge on any atom is -0.494 e. The lowest BCUT2D eigenvalue weighted by atomic mass is 10.2. The van der Waals surface area contributed by atoms with Crippen molar-refractivity contribution in [2.24, 2.45) is 0 Å². The standard InChI is InChI=1S/C18H20N2O3S/c1-3-22-16-10-8-14(9-11-16)19-18(24)20-15-7-5-6-13(12-15)17(21)23-4-2/h5-12H,3-4H2,1-2H3,(H2,19,20,24). The molecule has 0 aliphatic heterocycles. The fourth-order valence-electron chi connectivity index (χ4n) is 2.03. The van der Waals surface area contributed by atoms with Crippen LogP contribution in [0.1, 0.15) is 24.2 Å². The van der Waals surface area contributed by atoms with Crippen LogP contribution in [0.5, 0.6) is 5.75 Å². The Morgan fingerprint density at radius 2 is 1.71 bits per heavy atom. The molecule has 0 bridgehead atoms. The summed E-state index contributed by atoms with van der Waals surface area (Å²) in [6.45, 7) is 4.68. The summed E-state index contributed by atoms with van der Waals surface area (Å²) in [4.78, 5) is 11.7. The van der Waals surface area contributed by atoms with Gasteiger partial charge in [0, 0.05) is 11.4 Å². The summed E-state index contributed by atoms with van der Waals surface area (Å²) in [6.07, 6.45) is 0. The molecule has 0 fully saturated rings. The van der Waals surface area contributed by atoms with Gasteiger partial charge in [-0.2, -0.15) is 0 Å². The summed E-state index contributed by atoms with van der Waals surface area (Å²) in [7, 11) is 0. The number of benzene rings is 2. The van der Waals surface area contributed by atoms with Crippen molar-refractivity contribution in [3.05, 3.63) is 54.1 Å². The maximum Gasteiger partial charge on any atom is 0.338 e. The van der Waals surface area contributed by atoms with Gasteiger partial charge in [-0.3, -0.25) is 0 Å². The fourth-order valence-corrected chi connectivity index (χ4v) is 2.27. The summed E-state index contributed by atoms with van der Waals surface area (Å²) in [5.41, 5.74) is 2.03. The molecular weight excluding hydrogens is 324 g/mol. The van der Waals surface area contributed by atoms with Crippen molar-refractivity contribution < 1.29 is 14.3 Å². The molecule has 0 radical (unpaired) electrons. The smallest absolute Gasteiger partial charge is 0.338 e. The quantitative estimate of drug-likeness (QED) is 0.608. The number of esters is 1. The lowest BCUT2D eigenvalue weighted by molar-refractivity contribution is 0.0526. The van der Waals surface area contributed by atoms with E-state index in [9.17, 15) is 4.79 Å². The van der Waals surface area contributed by atoms with E-state index in [0.29, 0.717) is 29.6 Å². The number of hydrogen-bond acceptors (Lipinski definition) is 4. The highest BCUT2D eigenvalue weighted by atomic mass is 32.1. The predicted molar refractivity (Wildman–Crippen MR) is 99.9 cm³/mol. The normalized spacial score (nSPS) is 9.92. The lowest BCUT2D eigenvalue weighted by Crippen LogP contribution is -2.19. The van der Waals surface area contributed by atoms with E-state index in [4.69, 9.17) is 21.7 Å². The molecule has 5 nitrogen and oxygen atoms in total. The van der Waals surface area contributed by atoms with Gasteiger partial charge >= 0.3 is 5.97 Å².